The number of benzene rings is 1. The highest BCUT2D eigenvalue weighted by Gasteiger charge is 2.24. The molecule has 0 unspecified atom stereocenters. The summed E-state index contributed by atoms with van der Waals surface area (Å²) in [4.78, 5) is 22.4. The number of nitro benzene ring substituents is 1. The zero-order valence-corrected chi connectivity index (χ0v) is 13.1. The Balaban J connectivity index is 2.43. The molecule has 0 fully saturated rings. The van der Waals surface area contributed by atoms with Crippen molar-refractivity contribution >= 4 is 5.69 Å². The van der Waals surface area contributed by atoms with E-state index in [1.807, 2.05) is 13.8 Å². The summed E-state index contributed by atoms with van der Waals surface area (Å²) >= 11 is 0. The molecule has 0 aliphatic heterocycles. The van der Waals surface area contributed by atoms with Gasteiger partial charge in [0.25, 0.3) is 11.2 Å². The van der Waals surface area contributed by atoms with E-state index in [4.69, 9.17) is 0 Å². The first-order valence-corrected chi connectivity index (χ1v) is 7.44. The van der Waals surface area contributed by atoms with Gasteiger partial charge in [0.15, 0.2) is 0 Å². The molecule has 1 aromatic heterocycles. The van der Waals surface area contributed by atoms with Gasteiger partial charge in [-0.3, -0.25) is 14.9 Å². The minimum Gasteiger partial charge on any atom is -0.388 e. The van der Waals surface area contributed by atoms with Crippen molar-refractivity contribution < 1.29 is 10.0 Å². The monoisotopic (exact) mass is 317 g/mol. The number of nitro groups is 1. The molecule has 7 heteroatoms. The van der Waals surface area contributed by atoms with E-state index in [0.717, 1.165) is 0 Å². The van der Waals surface area contributed by atoms with E-state index in [1.54, 1.807) is 12.1 Å². The summed E-state index contributed by atoms with van der Waals surface area (Å²) in [6, 6.07) is 8.94. The van der Waals surface area contributed by atoms with Crippen LogP contribution in [0.3, 0.4) is 0 Å². The van der Waals surface area contributed by atoms with E-state index >= 15 is 0 Å². The van der Waals surface area contributed by atoms with Crippen LogP contribution in [0.4, 0.5) is 5.69 Å². The SMILES string of the molecule is CCC(O)(CC)Cn1nc(-c2cccc([N+](=O)[O-])c2)ccc1=O. The van der Waals surface area contributed by atoms with Crippen LogP contribution in [0.25, 0.3) is 11.3 Å². The van der Waals surface area contributed by atoms with Gasteiger partial charge in [-0.2, -0.15) is 5.10 Å². The maximum absolute atomic E-state index is 12.0. The van der Waals surface area contributed by atoms with E-state index in [0.29, 0.717) is 24.1 Å². The maximum Gasteiger partial charge on any atom is 0.270 e. The van der Waals surface area contributed by atoms with Crippen LogP contribution < -0.4 is 5.56 Å². The first kappa shape index (κ1) is 16.8. The van der Waals surface area contributed by atoms with Crippen molar-refractivity contribution in [1.82, 2.24) is 9.78 Å². The molecule has 7 nitrogen and oxygen atoms in total. The smallest absolute Gasteiger partial charge is 0.270 e. The summed E-state index contributed by atoms with van der Waals surface area (Å²) in [5.74, 6) is 0. The number of aromatic nitrogens is 2. The fourth-order valence-corrected chi connectivity index (χ4v) is 2.25. The number of non-ortho nitro benzene ring substituents is 1. The van der Waals surface area contributed by atoms with Crippen LogP contribution in [0.1, 0.15) is 26.7 Å². The minimum absolute atomic E-state index is 0.0410. The molecule has 0 atom stereocenters. The Labute approximate surface area is 133 Å². The Hall–Kier alpha value is -2.54. The Morgan fingerprint density at radius 3 is 2.57 bits per heavy atom. The van der Waals surface area contributed by atoms with E-state index < -0.39 is 10.5 Å². The third kappa shape index (κ3) is 3.81. The molecule has 2 aromatic rings. The predicted octanol–water partition coefficient (Wildman–Crippen LogP) is 2.37. The second-order valence-electron chi connectivity index (χ2n) is 5.45. The Bertz CT molecular complexity index is 766. The van der Waals surface area contributed by atoms with Gasteiger partial charge in [0.1, 0.15) is 0 Å². The topological polar surface area (TPSA) is 98.3 Å². The quantitative estimate of drug-likeness (QED) is 0.651. The van der Waals surface area contributed by atoms with Gasteiger partial charge in [-0.15, -0.1) is 0 Å². The van der Waals surface area contributed by atoms with Gasteiger partial charge in [0.05, 0.1) is 22.8 Å². The van der Waals surface area contributed by atoms with E-state index in [-0.39, 0.29) is 17.8 Å². The van der Waals surface area contributed by atoms with Crippen LogP contribution in [0.2, 0.25) is 0 Å². The molecular weight excluding hydrogens is 298 g/mol. The van der Waals surface area contributed by atoms with Gasteiger partial charge < -0.3 is 5.11 Å². The van der Waals surface area contributed by atoms with Crippen molar-refractivity contribution in [3.8, 4) is 11.3 Å². The average molecular weight is 317 g/mol. The van der Waals surface area contributed by atoms with Crippen LogP contribution in [0, 0.1) is 10.1 Å². The van der Waals surface area contributed by atoms with Crippen molar-refractivity contribution in [2.45, 2.75) is 38.8 Å². The molecule has 0 aliphatic rings. The molecule has 2 rings (SSSR count). The molecule has 0 radical (unpaired) electrons. The molecule has 0 amide bonds. The van der Waals surface area contributed by atoms with Crippen LogP contribution in [0.15, 0.2) is 41.2 Å². The third-order valence-electron chi connectivity index (χ3n) is 3.98. The molecule has 0 spiro atoms. The lowest BCUT2D eigenvalue weighted by molar-refractivity contribution is -0.384. The van der Waals surface area contributed by atoms with Crippen LogP contribution in [-0.4, -0.2) is 25.4 Å². The van der Waals surface area contributed by atoms with E-state index in [2.05, 4.69) is 5.10 Å². The van der Waals surface area contributed by atoms with Gasteiger partial charge in [-0.25, -0.2) is 4.68 Å². The van der Waals surface area contributed by atoms with Crippen LogP contribution in [0.5, 0.6) is 0 Å². The highest BCUT2D eigenvalue weighted by molar-refractivity contribution is 5.61. The zero-order valence-electron chi connectivity index (χ0n) is 13.1. The van der Waals surface area contributed by atoms with E-state index in [9.17, 15) is 20.0 Å². The fourth-order valence-electron chi connectivity index (χ4n) is 2.25. The molecule has 122 valence electrons. The minimum atomic E-state index is -1.00. The molecular formula is C16H19N3O4. The van der Waals surface area contributed by atoms with Crippen LogP contribution in [-0.2, 0) is 6.54 Å². The lowest BCUT2D eigenvalue weighted by atomic mass is 9.98. The fraction of sp³-hybridized carbons (Fsp3) is 0.375. The lowest BCUT2D eigenvalue weighted by Crippen LogP contribution is -2.38. The zero-order chi connectivity index (χ0) is 17.0. The molecule has 0 saturated heterocycles. The van der Waals surface area contributed by atoms with Gasteiger partial charge in [0.2, 0.25) is 0 Å². The van der Waals surface area contributed by atoms with Gasteiger partial charge >= 0.3 is 0 Å². The highest BCUT2D eigenvalue weighted by Crippen LogP contribution is 2.22. The molecule has 0 aliphatic carbocycles. The number of hydrogen-bond acceptors (Lipinski definition) is 5. The molecule has 1 aromatic carbocycles. The molecule has 0 bridgehead atoms. The number of rotatable bonds is 6. The van der Waals surface area contributed by atoms with Crippen molar-refractivity contribution in [3.63, 3.8) is 0 Å². The molecule has 23 heavy (non-hydrogen) atoms. The molecule has 1 N–H and O–H groups in total. The molecule has 1 heterocycles. The summed E-state index contributed by atoms with van der Waals surface area (Å²) < 4.78 is 1.21. The Kier molecular flexibility index (Phi) is 4.90. The Morgan fingerprint density at radius 2 is 1.96 bits per heavy atom. The summed E-state index contributed by atoms with van der Waals surface area (Å²) in [5, 5.41) is 25.5. The standard InChI is InChI=1S/C16H19N3O4/c1-3-16(21,4-2)11-18-15(20)9-8-14(17-18)12-6-5-7-13(10-12)19(22)23/h5-10,21H,3-4,11H2,1-2H3. The van der Waals surface area contributed by atoms with Crippen molar-refractivity contribution in [2.24, 2.45) is 0 Å². The maximum atomic E-state index is 12.0. The predicted molar refractivity (Wildman–Crippen MR) is 86.1 cm³/mol. The largest absolute Gasteiger partial charge is 0.388 e. The number of hydrogen-bond donors (Lipinski definition) is 1. The summed E-state index contributed by atoms with van der Waals surface area (Å²) in [5.41, 5.74) is -0.370. The highest BCUT2D eigenvalue weighted by atomic mass is 16.6. The van der Waals surface area contributed by atoms with E-state index in [1.165, 1.54) is 28.9 Å². The van der Waals surface area contributed by atoms with Crippen molar-refractivity contribution in [3.05, 3.63) is 56.9 Å². The second kappa shape index (κ2) is 6.70. The average Bonchev–Trinajstić information content (AvgIpc) is 2.56. The lowest BCUT2D eigenvalue weighted by Gasteiger charge is -2.25. The van der Waals surface area contributed by atoms with Gasteiger partial charge in [0, 0.05) is 23.8 Å². The second-order valence-corrected chi connectivity index (χ2v) is 5.45. The normalized spacial score (nSPS) is 11.4. The van der Waals surface area contributed by atoms with Crippen molar-refractivity contribution in [1.29, 1.82) is 0 Å². The first-order chi connectivity index (χ1) is 10.9. The Morgan fingerprint density at radius 1 is 1.26 bits per heavy atom. The first-order valence-electron chi connectivity index (χ1n) is 7.44. The summed E-state index contributed by atoms with van der Waals surface area (Å²) in [7, 11) is 0. The van der Waals surface area contributed by atoms with Gasteiger partial charge in [-0.05, 0) is 18.9 Å². The summed E-state index contributed by atoms with van der Waals surface area (Å²) in [6.07, 6.45) is 0.997. The third-order valence-corrected chi connectivity index (χ3v) is 3.98. The van der Waals surface area contributed by atoms with Crippen molar-refractivity contribution in [2.75, 3.05) is 0 Å². The molecule has 0 saturated carbocycles. The number of aliphatic hydroxyl groups is 1. The van der Waals surface area contributed by atoms with Gasteiger partial charge in [-0.1, -0.05) is 26.0 Å². The van der Waals surface area contributed by atoms with Crippen LogP contribution >= 0.6 is 0 Å². The summed E-state index contributed by atoms with van der Waals surface area (Å²) in [6.45, 7) is 3.78. The number of nitrogens with zero attached hydrogens (tertiary/aromatic N) is 3.